The normalized spacial score (nSPS) is 10.7. The van der Waals surface area contributed by atoms with Crippen LogP contribution < -0.4 is 5.73 Å². The Bertz CT molecular complexity index is 388. The lowest BCUT2D eigenvalue weighted by Crippen LogP contribution is -2.11. The zero-order valence-electron chi connectivity index (χ0n) is 8.34. The molecule has 0 radical (unpaired) electrons. The van der Waals surface area contributed by atoms with Gasteiger partial charge < -0.3 is 10.5 Å². The number of ether oxygens (including phenoxy) is 1. The Kier molecular flexibility index (Phi) is 5.64. The van der Waals surface area contributed by atoms with E-state index in [1.165, 1.54) is 19.2 Å². The third kappa shape index (κ3) is 4.07. The van der Waals surface area contributed by atoms with Crippen molar-refractivity contribution in [1.82, 2.24) is 0 Å². The summed E-state index contributed by atoms with van der Waals surface area (Å²) in [6, 6.07) is 6.14. The molecular formula is C9H14ClNO3S. The van der Waals surface area contributed by atoms with Crippen LogP contribution in [0.15, 0.2) is 29.2 Å². The summed E-state index contributed by atoms with van der Waals surface area (Å²) in [5, 5.41) is 0. The van der Waals surface area contributed by atoms with Crippen LogP contribution in [0.3, 0.4) is 0 Å². The maximum absolute atomic E-state index is 11.6. The predicted molar refractivity (Wildman–Crippen MR) is 62.0 cm³/mol. The van der Waals surface area contributed by atoms with Gasteiger partial charge in [-0.25, -0.2) is 8.42 Å². The highest BCUT2D eigenvalue weighted by Crippen LogP contribution is 2.13. The van der Waals surface area contributed by atoms with Crippen LogP contribution in [0.25, 0.3) is 0 Å². The maximum atomic E-state index is 11.6. The molecule has 4 nitrogen and oxygen atoms in total. The molecule has 0 aliphatic heterocycles. The van der Waals surface area contributed by atoms with Crippen LogP contribution in [0.4, 0.5) is 5.69 Å². The summed E-state index contributed by atoms with van der Waals surface area (Å²) in [6.07, 6.45) is 0. The maximum Gasteiger partial charge on any atom is 0.180 e. The number of benzene rings is 1. The SMILES string of the molecule is COCCS(=O)(=O)c1ccc(N)cc1.Cl. The summed E-state index contributed by atoms with van der Waals surface area (Å²) in [6.45, 7) is 0.201. The summed E-state index contributed by atoms with van der Waals surface area (Å²) in [7, 11) is -1.75. The van der Waals surface area contributed by atoms with Crippen molar-refractivity contribution in [2.75, 3.05) is 25.2 Å². The smallest absolute Gasteiger partial charge is 0.180 e. The molecule has 0 spiro atoms. The van der Waals surface area contributed by atoms with E-state index < -0.39 is 9.84 Å². The minimum Gasteiger partial charge on any atom is -0.399 e. The first-order valence-corrected chi connectivity index (χ1v) is 5.79. The largest absolute Gasteiger partial charge is 0.399 e. The van der Waals surface area contributed by atoms with Crippen molar-refractivity contribution >= 4 is 27.9 Å². The Labute approximate surface area is 95.8 Å². The molecule has 6 heteroatoms. The summed E-state index contributed by atoms with van der Waals surface area (Å²) >= 11 is 0. The van der Waals surface area contributed by atoms with Crippen molar-refractivity contribution in [3.63, 3.8) is 0 Å². The molecule has 0 amide bonds. The van der Waals surface area contributed by atoms with E-state index in [2.05, 4.69) is 0 Å². The molecule has 0 bridgehead atoms. The quantitative estimate of drug-likeness (QED) is 0.814. The van der Waals surface area contributed by atoms with Gasteiger partial charge in [-0.3, -0.25) is 0 Å². The average Bonchev–Trinajstić information content (AvgIpc) is 2.16. The highest BCUT2D eigenvalue weighted by Gasteiger charge is 2.12. The molecule has 0 saturated heterocycles. The van der Waals surface area contributed by atoms with Gasteiger partial charge in [0, 0.05) is 12.8 Å². The van der Waals surface area contributed by atoms with E-state index in [1.54, 1.807) is 12.1 Å². The van der Waals surface area contributed by atoms with Crippen LogP contribution in [0.2, 0.25) is 0 Å². The van der Waals surface area contributed by atoms with Gasteiger partial charge in [0.15, 0.2) is 9.84 Å². The van der Waals surface area contributed by atoms with Crippen LogP contribution in [0.1, 0.15) is 0 Å². The third-order valence-electron chi connectivity index (χ3n) is 1.80. The van der Waals surface area contributed by atoms with Crippen LogP contribution in [0, 0.1) is 0 Å². The van der Waals surface area contributed by atoms with Gasteiger partial charge >= 0.3 is 0 Å². The third-order valence-corrected chi connectivity index (χ3v) is 3.49. The molecule has 0 aliphatic rings. The number of methoxy groups -OCH3 is 1. The molecule has 15 heavy (non-hydrogen) atoms. The molecule has 0 atom stereocenters. The monoisotopic (exact) mass is 251 g/mol. The van der Waals surface area contributed by atoms with Gasteiger partial charge in [-0.05, 0) is 24.3 Å². The Balaban J connectivity index is 0.00000196. The number of rotatable bonds is 4. The van der Waals surface area contributed by atoms with Gasteiger partial charge in [0.25, 0.3) is 0 Å². The van der Waals surface area contributed by atoms with Crippen molar-refractivity contribution in [1.29, 1.82) is 0 Å². The number of anilines is 1. The minimum absolute atomic E-state index is 0. The van der Waals surface area contributed by atoms with E-state index in [0.29, 0.717) is 5.69 Å². The second kappa shape index (κ2) is 5.95. The van der Waals surface area contributed by atoms with Crippen LogP contribution in [-0.4, -0.2) is 27.9 Å². The molecule has 1 aromatic rings. The van der Waals surface area contributed by atoms with Gasteiger partial charge in [-0.1, -0.05) is 0 Å². The number of hydrogen-bond donors (Lipinski definition) is 1. The van der Waals surface area contributed by atoms with Gasteiger partial charge in [-0.2, -0.15) is 0 Å². The van der Waals surface area contributed by atoms with Crippen molar-refractivity contribution in [3.8, 4) is 0 Å². The molecule has 2 N–H and O–H groups in total. The van der Waals surface area contributed by atoms with Crippen molar-refractivity contribution in [3.05, 3.63) is 24.3 Å². The number of hydrogen-bond acceptors (Lipinski definition) is 4. The van der Waals surface area contributed by atoms with Gasteiger partial charge in [0.1, 0.15) is 0 Å². The van der Waals surface area contributed by atoms with Crippen molar-refractivity contribution in [2.45, 2.75) is 4.90 Å². The lowest BCUT2D eigenvalue weighted by Gasteiger charge is -2.03. The van der Waals surface area contributed by atoms with E-state index >= 15 is 0 Å². The van der Waals surface area contributed by atoms with Gasteiger partial charge in [0.2, 0.25) is 0 Å². The Hall–Kier alpha value is -0.780. The molecule has 0 heterocycles. The Morgan fingerprint density at radius 2 is 1.80 bits per heavy atom. The second-order valence-electron chi connectivity index (χ2n) is 2.88. The highest BCUT2D eigenvalue weighted by atomic mass is 35.5. The molecule has 1 rings (SSSR count). The second-order valence-corrected chi connectivity index (χ2v) is 4.99. The fraction of sp³-hybridized carbons (Fsp3) is 0.333. The lowest BCUT2D eigenvalue weighted by atomic mass is 10.3. The predicted octanol–water partition coefficient (Wildman–Crippen LogP) is 1.11. The molecule has 0 fully saturated rings. The number of nitrogens with two attached hydrogens (primary N) is 1. The van der Waals surface area contributed by atoms with E-state index in [4.69, 9.17) is 10.5 Å². The Morgan fingerprint density at radius 3 is 2.27 bits per heavy atom. The summed E-state index contributed by atoms with van der Waals surface area (Å²) in [4.78, 5) is 0.281. The fourth-order valence-electron chi connectivity index (χ4n) is 0.986. The number of nitrogen functional groups attached to an aromatic ring is 1. The molecule has 0 unspecified atom stereocenters. The molecule has 0 saturated carbocycles. The average molecular weight is 252 g/mol. The molecule has 0 aromatic heterocycles. The standard InChI is InChI=1S/C9H13NO3S.ClH/c1-13-6-7-14(11,12)9-4-2-8(10)3-5-9;/h2-5H,6-7,10H2,1H3;1H. The minimum atomic E-state index is -3.22. The first-order chi connectivity index (χ1) is 6.56. The first-order valence-electron chi connectivity index (χ1n) is 4.13. The molecule has 1 aromatic carbocycles. The lowest BCUT2D eigenvalue weighted by molar-refractivity contribution is 0.217. The van der Waals surface area contributed by atoms with Crippen LogP contribution in [0.5, 0.6) is 0 Å². The van der Waals surface area contributed by atoms with E-state index in [9.17, 15) is 8.42 Å². The summed E-state index contributed by atoms with van der Waals surface area (Å²) < 4.78 is 27.9. The van der Waals surface area contributed by atoms with Gasteiger partial charge in [0.05, 0.1) is 17.3 Å². The van der Waals surface area contributed by atoms with Crippen molar-refractivity contribution in [2.24, 2.45) is 0 Å². The van der Waals surface area contributed by atoms with Crippen LogP contribution >= 0.6 is 12.4 Å². The number of halogens is 1. The summed E-state index contributed by atoms with van der Waals surface area (Å²) in [5.41, 5.74) is 6.00. The number of sulfone groups is 1. The van der Waals surface area contributed by atoms with Crippen molar-refractivity contribution < 1.29 is 13.2 Å². The molecule has 0 aliphatic carbocycles. The van der Waals surface area contributed by atoms with E-state index in [1.807, 2.05) is 0 Å². The van der Waals surface area contributed by atoms with Crippen LogP contribution in [-0.2, 0) is 14.6 Å². The molecule has 86 valence electrons. The highest BCUT2D eigenvalue weighted by molar-refractivity contribution is 7.91. The fourth-order valence-corrected chi connectivity index (χ4v) is 2.16. The first kappa shape index (κ1) is 14.2. The zero-order chi connectivity index (χ0) is 10.6. The Morgan fingerprint density at radius 1 is 1.27 bits per heavy atom. The molecular weight excluding hydrogens is 238 g/mol. The van der Waals surface area contributed by atoms with E-state index in [0.717, 1.165) is 0 Å². The topological polar surface area (TPSA) is 69.4 Å². The van der Waals surface area contributed by atoms with Gasteiger partial charge in [-0.15, -0.1) is 12.4 Å². The van der Waals surface area contributed by atoms with E-state index in [-0.39, 0.29) is 29.7 Å². The zero-order valence-corrected chi connectivity index (χ0v) is 9.98. The summed E-state index contributed by atoms with van der Waals surface area (Å²) in [5.74, 6) is -0.00653.